The van der Waals surface area contributed by atoms with E-state index in [9.17, 15) is 0 Å². The Morgan fingerprint density at radius 1 is 1.33 bits per heavy atom. The third kappa shape index (κ3) is 2.71. The molecule has 1 unspecified atom stereocenters. The number of para-hydroxylation sites is 1. The maximum absolute atomic E-state index is 5.70. The minimum absolute atomic E-state index is 0.451. The van der Waals surface area contributed by atoms with Gasteiger partial charge in [-0.1, -0.05) is 18.2 Å². The maximum atomic E-state index is 5.70. The lowest BCUT2D eigenvalue weighted by atomic mass is 10.2. The van der Waals surface area contributed by atoms with E-state index in [2.05, 4.69) is 15.7 Å². The number of benzene rings is 1. The smallest absolute Gasteiger partial charge is 0.140 e. The molecule has 2 heterocycles. The van der Waals surface area contributed by atoms with E-state index >= 15 is 0 Å². The molecule has 4 heteroatoms. The van der Waals surface area contributed by atoms with E-state index in [-0.39, 0.29) is 0 Å². The summed E-state index contributed by atoms with van der Waals surface area (Å²) in [6, 6.07) is 10.3. The number of nitrogens with one attached hydrogen (secondary N) is 1. The van der Waals surface area contributed by atoms with Crippen LogP contribution in [-0.4, -0.2) is 11.5 Å². The predicted molar refractivity (Wildman–Crippen MR) is 72.9 cm³/mol. The van der Waals surface area contributed by atoms with Gasteiger partial charge in [0.15, 0.2) is 0 Å². The van der Waals surface area contributed by atoms with Gasteiger partial charge >= 0.3 is 0 Å². The van der Waals surface area contributed by atoms with E-state index < -0.39 is 0 Å². The zero-order valence-electron chi connectivity index (χ0n) is 10.1. The number of aromatic nitrogens is 1. The fraction of sp³-hybridized carbons (Fsp3) is 0.357. The Labute approximate surface area is 111 Å². The highest BCUT2D eigenvalue weighted by molar-refractivity contribution is 7.09. The summed E-state index contributed by atoms with van der Waals surface area (Å²) in [4.78, 5) is 4.64. The molecular weight excluding hydrogens is 244 g/mol. The van der Waals surface area contributed by atoms with E-state index in [0.717, 1.165) is 17.3 Å². The normalized spacial score (nSPS) is 19.0. The first-order valence-corrected chi connectivity index (χ1v) is 7.15. The number of rotatable bonds is 4. The molecule has 0 bridgehead atoms. The number of nitrogens with zero attached hydrogens (tertiary/aromatic N) is 1. The van der Waals surface area contributed by atoms with Crippen LogP contribution in [-0.2, 0) is 6.61 Å². The van der Waals surface area contributed by atoms with E-state index in [0.29, 0.717) is 12.6 Å². The van der Waals surface area contributed by atoms with Crippen LogP contribution >= 0.6 is 11.3 Å². The summed E-state index contributed by atoms with van der Waals surface area (Å²) in [6.45, 7) is 1.67. The summed E-state index contributed by atoms with van der Waals surface area (Å²) in [5.74, 6) is 0.897. The topological polar surface area (TPSA) is 34.1 Å². The van der Waals surface area contributed by atoms with Gasteiger partial charge < -0.3 is 10.1 Å². The molecule has 18 heavy (non-hydrogen) atoms. The highest BCUT2D eigenvalue weighted by Crippen LogP contribution is 2.24. The highest BCUT2D eigenvalue weighted by atomic mass is 32.1. The molecule has 0 spiro atoms. The molecule has 1 aromatic heterocycles. The molecule has 0 amide bonds. The zero-order chi connectivity index (χ0) is 12.2. The Kier molecular flexibility index (Phi) is 3.57. The molecule has 3 rings (SSSR count). The van der Waals surface area contributed by atoms with Crippen molar-refractivity contribution in [1.82, 2.24) is 10.3 Å². The summed E-state index contributed by atoms with van der Waals surface area (Å²) >= 11 is 1.68. The summed E-state index contributed by atoms with van der Waals surface area (Å²) in [6.07, 6.45) is 2.45. The second-order valence-corrected chi connectivity index (χ2v) is 5.36. The Morgan fingerprint density at radius 3 is 3.00 bits per heavy atom. The van der Waals surface area contributed by atoms with Crippen LogP contribution in [0, 0.1) is 0 Å². The SMILES string of the molecule is c1ccc(OCc2nc(C3CCCN3)cs2)cc1. The summed E-state index contributed by atoms with van der Waals surface area (Å²) in [5.41, 5.74) is 1.17. The van der Waals surface area contributed by atoms with E-state index in [4.69, 9.17) is 4.74 Å². The lowest BCUT2D eigenvalue weighted by molar-refractivity contribution is 0.305. The van der Waals surface area contributed by atoms with E-state index in [1.165, 1.54) is 18.5 Å². The quantitative estimate of drug-likeness (QED) is 0.917. The van der Waals surface area contributed by atoms with Gasteiger partial charge in [0.05, 0.1) is 11.7 Å². The predicted octanol–water partition coefficient (Wildman–Crippen LogP) is 3.15. The van der Waals surface area contributed by atoms with Crippen LogP contribution < -0.4 is 10.1 Å². The average molecular weight is 260 g/mol. The van der Waals surface area contributed by atoms with Crippen LogP contribution in [0.1, 0.15) is 29.6 Å². The highest BCUT2D eigenvalue weighted by Gasteiger charge is 2.18. The first-order valence-electron chi connectivity index (χ1n) is 6.27. The van der Waals surface area contributed by atoms with Crippen molar-refractivity contribution in [3.63, 3.8) is 0 Å². The molecule has 3 nitrogen and oxygen atoms in total. The Morgan fingerprint density at radius 2 is 2.22 bits per heavy atom. The second kappa shape index (κ2) is 5.50. The van der Waals surface area contributed by atoms with Crippen LogP contribution in [0.5, 0.6) is 5.75 Å². The van der Waals surface area contributed by atoms with Gasteiger partial charge in [0.25, 0.3) is 0 Å². The third-order valence-electron chi connectivity index (χ3n) is 3.09. The zero-order valence-corrected chi connectivity index (χ0v) is 11.0. The number of ether oxygens (including phenoxy) is 1. The van der Waals surface area contributed by atoms with Crippen molar-refractivity contribution in [2.24, 2.45) is 0 Å². The van der Waals surface area contributed by atoms with Gasteiger partial charge in [0.1, 0.15) is 17.4 Å². The van der Waals surface area contributed by atoms with Crippen molar-refractivity contribution in [3.05, 3.63) is 46.4 Å². The fourth-order valence-electron chi connectivity index (χ4n) is 2.15. The lowest BCUT2D eigenvalue weighted by Gasteiger charge is -2.05. The van der Waals surface area contributed by atoms with Crippen molar-refractivity contribution in [2.45, 2.75) is 25.5 Å². The molecule has 1 aliphatic heterocycles. The van der Waals surface area contributed by atoms with Gasteiger partial charge in [0, 0.05) is 5.38 Å². The molecule has 94 valence electrons. The standard InChI is InChI=1S/C14H16N2OS/c1-2-5-11(6-3-1)17-9-14-16-13(10-18-14)12-7-4-8-15-12/h1-3,5-6,10,12,15H,4,7-9H2. The number of hydrogen-bond donors (Lipinski definition) is 1. The minimum Gasteiger partial charge on any atom is -0.486 e. The molecular formula is C14H16N2OS. The molecule has 2 aromatic rings. The van der Waals surface area contributed by atoms with E-state index in [1.807, 2.05) is 30.3 Å². The van der Waals surface area contributed by atoms with Crippen LogP contribution in [0.4, 0.5) is 0 Å². The van der Waals surface area contributed by atoms with Crippen LogP contribution in [0.3, 0.4) is 0 Å². The number of hydrogen-bond acceptors (Lipinski definition) is 4. The largest absolute Gasteiger partial charge is 0.486 e. The summed E-state index contributed by atoms with van der Waals surface area (Å²) in [7, 11) is 0. The molecule has 1 fully saturated rings. The van der Waals surface area contributed by atoms with Crippen molar-refractivity contribution in [2.75, 3.05) is 6.54 Å². The Hall–Kier alpha value is -1.39. The van der Waals surface area contributed by atoms with Crippen LogP contribution in [0.2, 0.25) is 0 Å². The monoisotopic (exact) mass is 260 g/mol. The second-order valence-electron chi connectivity index (χ2n) is 4.42. The molecule has 1 saturated heterocycles. The summed E-state index contributed by atoms with van der Waals surface area (Å²) < 4.78 is 5.70. The molecule has 0 aliphatic carbocycles. The first kappa shape index (κ1) is 11.7. The Balaban J connectivity index is 1.60. The van der Waals surface area contributed by atoms with Crippen LogP contribution in [0.25, 0.3) is 0 Å². The van der Waals surface area contributed by atoms with Gasteiger partial charge in [-0.3, -0.25) is 0 Å². The minimum atomic E-state index is 0.451. The fourth-order valence-corrected chi connectivity index (χ4v) is 2.91. The number of thiazole rings is 1. The van der Waals surface area contributed by atoms with Gasteiger partial charge in [-0.25, -0.2) is 4.98 Å². The Bertz CT molecular complexity index is 492. The lowest BCUT2D eigenvalue weighted by Crippen LogP contribution is -2.13. The van der Waals surface area contributed by atoms with Gasteiger partial charge in [0.2, 0.25) is 0 Å². The van der Waals surface area contributed by atoms with Crippen molar-refractivity contribution >= 4 is 11.3 Å². The molecule has 1 atom stereocenters. The van der Waals surface area contributed by atoms with Gasteiger partial charge in [-0.15, -0.1) is 11.3 Å². The van der Waals surface area contributed by atoms with Crippen molar-refractivity contribution < 1.29 is 4.74 Å². The van der Waals surface area contributed by atoms with Crippen LogP contribution in [0.15, 0.2) is 35.7 Å². The molecule has 1 aliphatic rings. The van der Waals surface area contributed by atoms with Crippen molar-refractivity contribution in [3.8, 4) is 5.75 Å². The van der Waals surface area contributed by atoms with E-state index in [1.54, 1.807) is 11.3 Å². The van der Waals surface area contributed by atoms with Crippen molar-refractivity contribution in [1.29, 1.82) is 0 Å². The van der Waals surface area contributed by atoms with Gasteiger partial charge in [-0.2, -0.15) is 0 Å². The maximum Gasteiger partial charge on any atom is 0.140 e. The molecule has 0 radical (unpaired) electrons. The molecule has 1 aromatic carbocycles. The molecule has 1 N–H and O–H groups in total. The first-order chi connectivity index (χ1) is 8.92. The summed E-state index contributed by atoms with van der Waals surface area (Å²) in [5, 5.41) is 6.65. The average Bonchev–Trinajstić information content (AvgIpc) is 3.08. The third-order valence-corrected chi connectivity index (χ3v) is 3.93. The van der Waals surface area contributed by atoms with Gasteiger partial charge in [-0.05, 0) is 31.5 Å². The molecule has 0 saturated carbocycles.